The minimum absolute atomic E-state index is 0.159. The van der Waals surface area contributed by atoms with E-state index in [2.05, 4.69) is 9.97 Å². The molecule has 0 aliphatic carbocycles. The summed E-state index contributed by atoms with van der Waals surface area (Å²) in [6, 6.07) is 3.47. The number of aromatic nitrogens is 3. The van der Waals surface area contributed by atoms with Gasteiger partial charge in [0.1, 0.15) is 11.4 Å². The first kappa shape index (κ1) is 11.4. The van der Waals surface area contributed by atoms with Gasteiger partial charge in [0, 0.05) is 6.20 Å². The summed E-state index contributed by atoms with van der Waals surface area (Å²) in [6.45, 7) is 5.51. The Bertz CT molecular complexity index is 613. The number of nitrogen functional groups attached to an aromatic ring is 1. The molecule has 0 aliphatic rings. The van der Waals surface area contributed by atoms with Crippen molar-refractivity contribution in [1.29, 1.82) is 0 Å². The van der Waals surface area contributed by atoms with Gasteiger partial charge in [-0.15, -0.1) is 4.73 Å². The molecule has 0 saturated carbocycles. The van der Waals surface area contributed by atoms with Crippen molar-refractivity contribution in [2.75, 3.05) is 5.73 Å². The molecule has 0 fully saturated rings. The fraction of sp³-hybridized carbons (Fsp3) is 0.364. The van der Waals surface area contributed by atoms with E-state index in [1.807, 2.05) is 20.8 Å². The molecule has 17 heavy (non-hydrogen) atoms. The lowest BCUT2D eigenvalue weighted by Crippen LogP contribution is -2.39. The molecule has 0 aliphatic heterocycles. The van der Waals surface area contributed by atoms with Crippen LogP contribution in [0.1, 0.15) is 20.8 Å². The number of nitrogens with zero attached hydrogens (tertiary/aromatic N) is 3. The lowest BCUT2D eigenvalue weighted by Gasteiger charge is -2.21. The molecular weight excluding hydrogens is 220 g/mol. The first-order valence-corrected chi connectivity index (χ1v) is 5.21. The minimum Gasteiger partial charge on any atom is -0.402 e. The molecular formula is C11H14N4O2. The normalized spacial score (nSPS) is 11.7. The van der Waals surface area contributed by atoms with Crippen molar-refractivity contribution < 1.29 is 4.84 Å². The van der Waals surface area contributed by atoms with Gasteiger partial charge in [-0.1, -0.05) is 0 Å². The van der Waals surface area contributed by atoms with Gasteiger partial charge >= 0.3 is 5.69 Å². The summed E-state index contributed by atoms with van der Waals surface area (Å²) in [5.41, 5.74) is 4.96. The van der Waals surface area contributed by atoms with E-state index in [1.54, 1.807) is 18.3 Å². The van der Waals surface area contributed by atoms with Gasteiger partial charge in [-0.3, -0.25) is 0 Å². The third kappa shape index (κ3) is 2.20. The van der Waals surface area contributed by atoms with Crippen molar-refractivity contribution in [3.8, 4) is 0 Å². The maximum absolute atomic E-state index is 11.7. The van der Waals surface area contributed by atoms with Crippen LogP contribution in [0.25, 0.3) is 11.0 Å². The third-order valence-electron chi connectivity index (χ3n) is 2.01. The van der Waals surface area contributed by atoms with Crippen molar-refractivity contribution >= 4 is 16.9 Å². The second kappa shape index (κ2) is 3.73. The largest absolute Gasteiger partial charge is 0.402 e. The average molecular weight is 234 g/mol. The molecule has 90 valence electrons. The smallest absolute Gasteiger partial charge is 0.384 e. The van der Waals surface area contributed by atoms with Gasteiger partial charge in [-0.2, -0.15) is 4.98 Å². The van der Waals surface area contributed by atoms with E-state index in [0.29, 0.717) is 11.0 Å². The molecule has 0 unspecified atom stereocenters. The van der Waals surface area contributed by atoms with Crippen LogP contribution in [0.3, 0.4) is 0 Å². The summed E-state index contributed by atoms with van der Waals surface area (Å²) in [5.74, 6) is 0.159. The Morgan fingerprint density at radius 3 is 2.76 bits per heavy atom. The SMILES string of the molecule is CC(C)(C)On1c(=O)nc(N)c2cccnc21. The van der Waals surface area contributed by atoms with Gasteiger partial charge in [0.15, 0.2) is 5.65 Å². The second-order valence-corrected chi connectivity index (χ2v) is 4.65. The number of fused-ring (bicyclic) bond motifs is 1. The Morgan fingerprint density at radius 1 is 1.41 bits per heavy atom. The zero-order chi connectivity index (χ0) is 12.6. The van der Waals surface area contributed by atoms with Crippen molar-refractivity contribution in [3.05, 3.63) is 28.8 Å². The molecule has 2 aromatic rings. The van der Waals surface area contributed by atoms with Crippen LogP contribution in [-0.2, 0) is 0 Å². The Kier molecular flexibility index (Phi) is 2.49. The van der Waals surface area contributed by atoms with E-state index in [9.17, 15) is 4.79 Å². The first-order chi connectivity index (χ1) is 7.88. The topological polar surface area (TPSA) is 83.0 Å². The van der Waals surface area contributed by atoms with Crippen LogP contribution in [0.4, 0.5) is 5.82 Å². The zero-order valence-corrected chi connectivity index (χ0v) is 9.97. The lowest BCUT2D eigenvalue weighted by atomic mass is 10.2. The van der Waals surface area contributed by atoms with Crippen LogP contribution in [-0.4, -0.2) is 20.3 Å². The standard InChI is InChI=1S/C11H14N4O2/c1-11(2,3)17-15-9-7(5-4-6-13-9)8(12)14-10(15)16/h4-6H,1-3H3,(H2,12,14,16). The molecule has 0 bridgehead atoms. The van der Waals surface area contributed by atoms with Gasteiger partial charge in [0.25, 0.3) is 0 Å². The van der Waals surface area contributed by atoms with Crippen LogP contribution in [0, 0.1) is 0 Å². The Balaban J connectivity index is 2.74. The highest BCUT2D eigenvalue weighted by atomic mass is 16.7. The van der Waals surface area contributed by atoms with Gasteiger partial charge in [-0.05, 0) is 32.9 Å². The number of nitrogens with two attached hydrogens (primary N) is 1. The maximum atomic E-state index is 11.7. The van der Waals surface area contributed by atoms with Gasteiger partial charge in [0.05, 0.1) is 5.39 Å². The average Bonchev–Trinajstić information content (AvgIpc) is 2.23. The molecule has 2 aromatic heterocycles. The number of hydrogen-bond donors (Lipinski definition) is 1. The zero-order valence-electron chi connectivity index (χ0n) is 9.97. The predicted molar refractivity (Wildman–Crippen MR) is 64.5 cm³/mol. The van der Waals surface area contributed by atoms with E-state index in [4.69, 9.17) is 10.6 Å². The van der Waals surface area contributed by atoms with E-state index in [1.165, 1.54) is 0 Å². The predicted octanol–water partition coefficient (Wildman–Crippen LogP) is 0.601. The molecule has 0 amide bonds. The number of hydrogen-bond acceptors (Lipinski definition) is 5. The lowest BCUT2D eigenvalue weighted by molar-refractivity contribution is -0.0160. The summed E-state index contributed by atoms with van der Waals surface area (Å²) in [5, 5.41) is 0.594. The highest BCUT2D eigenvalue weighted by Crippen LogP contribution is 2.14. The fourth-order valence-corrected chi connectivity index (χ4v) is 1.41. The van der Waals surface area contributed by atoms with Crippen molar-refractivity contribution in [2.45, 2.75) is 26.4 Å². The van der Waals surface area contributed by atoms with E-state index >= 15 is 0 Å². The molecule has 2 heterocycles. The third-order valence-corrected chi connectivity index (χ3v) is 2.01. The molecule has 6 nitrogen and oxygen atoms in total. The monoisotopic (exact) mass is 234 g/mol. The summed E-state index contributed by atoms with van der Waals surface area (Å²) in [7, 11) is 0. The fourth-order valence-electron chi connectivity index (χ4n) is 1.41. The van der Waals surface area contributed by atoms with Crippen LogP contribution >= 0.6 is 0 Å². The summed E-state index contributed by atoms with van der Waals surface area (Å²) in [4.78, 5) is 25.1. The number of anilines is 1. The second-order valence-electron chi connectivity index (χ2n) is 4.65. The molecule has 0 saturated heterocycles. The van der Waals surface area contributed by atoms with Crippen LogP contribution in [0.2, 0.25) is 0 Å². The minimum atomic E-state index is -0.566. The first-order valence-electron chi connectivity index (χ1n) is 5.21. The molecule has 0 radical (unpaired) electrons. The summed E-state index contributed by atoms with van der Waals surface area (Å²) < 4.78 is 1.08. The Hall–Kier alpha value is -2.11. The van der Waals surface area contributed by atoms with Gasteiger partial charge in [0.2, 0.25) is 0 Å². The molecule has 0 atom stereocenters. The summed E-state index contributed by atoms with van der Waals surface area (Å²) >= 11 is 0. The molecule has 6 heteroatoms. The summed E-state index contributed by atoms with van der Waals surface area (Å²) in [6.07, 6.45) is 1.57. The molecule has 0 spiro atoms. The number of rotatable bonds is 1. The molecule has 0 aromatic carbocycles. The van der Waals surface area contributed by atoms with Crippen molar-refractivity contribution in [1.82, 2.24) is 14.7 Å². The highest BCUT2D eigenvalue weighted by Gasteiger charge is 2.17. The van der Waals surface area contributed by atoms with Crippen molar-refractivity contribution in [3.63, 3.8) is 0 Å². The maximum Gasteiger partial charge on any atom is 0.384 e. The van der Waals surface area contributed by atoms with Crippen LogP contribution in [0.15, 0.2) is 23.1 Å². The van der Waals surface area contributed by atoms with Crippen molar-refractivity contribution in [2.24, 2.45) is 0 Å². The van der Waals surface area contributed by atoms with Gasteiger partial charge < -0.3 is 10.6 Å². The van der Waals surface area contributed by atoms with E-state index in [0.717, 1.165) is 4.73 Å². The van der Waals surface area contributed by atoms with E-state index < -0.39 is 11.3 Å². The van der Waals surface area contributed by atoms with E-state index in [-0.39, 0.29) is 5.82 Å². The highest BCUT2D eigenvalue weighted by molar-refractivity contribution is 5.84. The van der Waals surface area contributed by atoms with Crippen LogP contribution in [0.5, 0.6) is 0 Å². The number of pyridine rings is 1. The molecule has 2 N–H and O–H groups in total. The Morgan fingerprint density at radius 2 is 2.12 bits per heavy atom. The quantitative estimate of drug-likeness (QED) is 0.781. The van der Waals surface area contributed by atoms with Gasteiger partial charge in [-0.25, -0.2) is 9.78 Å². The van der Waals surface area contributed by atoms with Crippen LogP contribution < -0.4 is 16.3 Å². The molecule has 2 rings (SSSR count). The Labute approximate surface area is 98.0 Å².